The minimum absolute atomic E-state index is 0.00663. The van der Waals surface area contributed by atoms with Crippen molar-refractivity contribution in [1.29, 1.82) is 0 Å². The molecule has 1 N–H and O–H groups in total. The molecule has 0 saturated heterocycles. The zero-order valence-corrected chi connectivity index (χ0v) is 12.5. The maximum absolute atomic E-state index is 10.6. The van der Waals surface area contributed by atoms with E-state index in [4.69, 9.17) is 0 Å². The van der Waals surface area contributed by atoms with Gasteiger partial charge in [-0.25, -0.2) is 0 Å². The van der Waals surface area contributed by atoms with E-state index in [-0.39, 0.29) is 6.17 Å². The number of phenols is 1. The Morgan fingerprint density at radius 3 is 2.24 bits per heavy atom. The van der Waals surface area contributed by atoms with Crippen molar-refractivity contribution in [2.24, 2.45) is 0 Å². The average Bonchev–Trinajstić information content (AvgIpc) is 2.75. The van der Waals surface area contributed by atoms with Crippen molar-refractivity contribution in [2.45, 2.75) is 12.6 Å². The highest BCUT2D eigenvalue weighted by molar-refractivity contribution is 5.78. The molecule has 3 rings (SSSR count). The van der Waals surface area contributed by atoms with Gasteiger partial charge in [0.2, 0.25) is 0 Å². The van der Waals surface area contributed by atoms with Crippen LogP contribution in [-0.2, 0) is 6.42 Å². The van der Waals surface area contributed by atoms with Crippen molar-refractivity contribution in [3.8, 4) is 5.75 Å². The average molecular weight is 280 g/mol. The lowest BCUT2D eigenvalue weighted by Crippen LogP contribution is -2.30. The van der Waals surface area contributed by atoms with Crippen molar-refractivity contribution >= 4 is 11.4 Å². The first-order valence-corrected chi connectivity index (χ1v) is 7.11. The van der Waals surface area contributed by atoms with E-state index in [0.717, 1.165) is 11.1 Å². The molecular weight excluding hydrogens is 260 g/mol. The summed E-state index contributed by atoms with van der Waals surface area (Å²) >= 11 is 0. The number of aromatic hydroxyl groups is 1. The Hall–Kier alpha value is -2.42. The van der Waals surface area contributed by atoms with Crippen LogP contribution in [0.3, 0.4) is 0 Å². The molecule has 3 nitrogen and oxygen atoms in total. The summed E-state index contributed by atoms with van der Waals surface area (Å²) in [4.78, 5) is 4.39. The number of hydrogen-bond acceptors (Lipinski definition) is 3. The van der Waals surface area contributed by atoms with E-state index in [9.17, 15) is 5.11 Å². The topological polar surface area (TPSA) is 26.7 Å². The molecule has 0 fully saturated rings. The quantitative estimate of drug-likeness (QED) is 0.868. The van der Waals surface area contributed by atoms with E-state index in [1.165, 1.54) is 11.4 Å². The minimum atomic E-state index is 0.00663. The number of para-hydroxylation sites is 3. The number of phenolic OH excluding ortho intramolecular Hbond substituents is 1. The molecular formula is C18H20N2O. The number of rotatable bonds is 3. The van der Waals surface area contributed by atoms with Crippen molar-refractivity contribution in [3.63, 3.8) is 0 Å². The van der Waals surface area contributed by atoms with Gasteiger partial charge in [0.05, 0.1) is 11.4 Å². The maximum Gasteiger partial charge on any atom is 0.131 e. The van der Waals surface area contributed by atoms with Gasteiger partial charge in [-0.2, -0.15) is 0 Å². The van der Waals surface area contributed by atoms with Gasteiger partial charge in [-0.3, -0.25) is 0 Å². The van der Waals surface area contributed by atoms with Crippen LogP contribution in [0.15, 0.2) is 55.1 Å². The molecule has 1 aliphatic rings. The molecule has 0 atom stereocenters. The van der Waals surface area contributed by atoms with E-state index in [0.29, 0.717) is 12.2 Å². The van der Waals surface area contributed by atoms with Gasteiger partial charge in [0, 0.05) is 19.7 Å². The highest BCUT2D eigenvalue weighted by Crippen LogP contribution is 2.46. The molecule has 1 heterocycles. The van der Waals surface area contributed by atoms with E-state index in [2.05, 4.69) is 42.6 Å². The zero-order valence-electron chi connectivity index (χ0n) is 12.5. The van der Waals surface area contributed by atoms with Gasteiger partial charge in [0.25, 0.3) is 0 Å². The largest absolute Gasteiger partial charge is 0.507 e. The normalized spacial score (nSPS) is 14.4. The van der Waals surface area contributed by atoms with Crippen molar-refractivity contribution in [3.05, 3.63) is 66.2 Å². The van der Waals surface area contributed by atoms with Gasteiger partial charge in [-0.1, -0.05) is 36.4 Å². The predicted molar refractivity (Wildman–Crippen MR) is 88.0 cm³/mol. The Morgan fingerprint density at radius 1 is 1.05 bits per heavy atom. The number of hydrogen-bond donors (Lipinski definition) is 1. The fourth-order valence-electron chi connectivity index (χ4n) is 3.14. The van der Waals surface area contributed by atoms with Gasteiger partial charge in [-0.05, 0) is 24.1 Å². The lowest BCUT2D eigenvalue weighted by molar-refractivity contribution is 0.455. The van der Waals surface area contributed by atoms with Crippen LogP contribution in [-0.4, -0.2) is 19.2 Å². The van der Waals surface area contributed by atoms with Crippen LogP contribution < -0.4 is 9.80 Å². The molecule has 2 aromatic carbocycles. The van der Waals surface area contributed by atoms with Gasteiger partial charge in [0.15, 0.2) is 0 Å². The van der Waals surface area contributed by atoms with E-state index in [1.54, 1.807) is 0 Å². The first kappa shape index (κ1) is 13.6. The number of allylic oxidation sites excluding steroid dienone is 1. The number of fused-ring (bicyclic) bond motifs is 1. The van der Waals surface area contributed by atoms with Crippen molar-refractivity contribution in [1.82, 2.24) is 0 Å². The standard InChI is InChI=1S/C18H20N2O/c1-4-8-13-9-7-10-14(17(13)21)18-19(2)15-11-5-6-12-16(15)20(18)3/h4-7,9-12,18,21H,1,8H2,2-3H3. The molecule has 0 saturated carbocycles. The van der Waals surface area contributed by atoms with Crippen LogP contribution in [0.25, 0.3) is 0 Å². The van der Waals surface area contributed by atoms with E-state index >= 15 is 0 Å². The molecule has 2 aromatic rings. The monoisotopic (exact) mass is 280 g/mol. The Bertz CT molecular complexity index is 652. The summed E-state index contributed by atoms with van der Waals surface area (Å²) in [5.41, 5.74) is 4.20. The summed E-state index contributed by atoms with van der Waals surface area (Å²) in [7, 11) is 4.12. The number of benzene rings is 2. The highest BCUT2D eigenvalue weighted by atomic mass is 16.3. The SMILES string of the molecule is C=CCc1cccc(C2N(C)c3ccccc3N2C)c1O. The Balaban J connectivity index is 2.07. The molecule has 1 aliphatic heterocycles. The zero-order chi connectivity index (χ0) is 15.0. The van der Waals surface area contributed by atoms with Gasteiger partial charge in [-0.15, -0.1) is 6.58 Å². The second-order valence-electron chi connectivity index (χ2n) is 5.43. The van der Waals surface area contributed by atoms with Crippen LogP contribution in [0.2, 0.25) is 0 Å². The Morgan fingerprint density at radius 2 is 1.67 bits per heavy atom. The van der Waals surface area contributed by atoms with Crippen LogP contribution in [0, 0.1) is 0 Å². The number of anilines is 2. The molecule has 0 aliphatic carbocycles. The molecule has 0 unspecified atom stereocenters. The number of nitrogens with zero attached hydrogens (tertiary/aromatic N) is 2. The third kappa shape index (κ3) is 2.05. The second-order valence-corrected chi connectivity index (χ2v) is 5.43. The highest BCUT2D eigenvalue weighted by Gasteiger charge is 2.33. The summed E-state index contributed by atoms with van der Waals surface area (Å²) < 4.78 is 0. The summed E-state index contributed by atoms with van der Waals surface area (Å²) in [5, 5.41) is 10.6. The predicted octanol–water partition coefficient (Wildman–Crippen LogP) is 3.71. The molecule has 0 bridgehead atoms. The summed E-state index contributed by atoms with van der Waals surface area (Å²) in [5.74, 6) is 0.369. The van der Waals surface area contributed by atoms with Crippen LogP contribution in [0.5, 0.6) is 5.75 Å². The lowest BCUT2D eigenvalue weighted by atomic mass is 10.0. The second kappa shape index (κ2) is 5.17. The summed E-state index contributed by atoms with van der Waals surface area (Å²) in [6, 6.07) is 14.2. The Labute approximate surface area is 125 Å². The van der Waals surface area contributed by atoms with Crippen molar-refractivity contribution in [2.75, 3.05) is 23.9 Å². The fourth-order valence-corrected chi connectivity index (χ4v) is 3.14. The first-order chi connectivity index (χ1) is 10.1. The lowest BCUT2D eigenvalue weighted by Gasteiger charge is -2.29. The molecule has 108 valence electrons. The fraction of sp³-hybridized carbons (Fsp3) is 0.222. The third-order valence-electron chi connectivity index (χ3n) is 4.17. The van der Waals surface area contributed by atoms with E-state index in [1.807, 2.05) is 36.4 Å². The maximum atomic E-state index is 10.6. The molecule has 0 amide bonds. The molecule has 21 heavy (non-hydrogen) atoms. The summed E-state index contributed by atoms with van der Waals surface area (Å²) in [6.07, 6.45) is 2.50. The molecule has 0 aromatic heterocycles. The van der Waals surface area contributed by atoms with E-state index < -0.39 is 0 Å². The first-order valence-electron chi connectivity index (χ1n) is 7.11. The third-order valence-corrected chi connectivity index (χ3v) is 4.17. The molecule has 0 spiro atoms. The van der Waals surface area contributed by atoms with Gasteiger partial charge in [0.1, 0.15) is 11.9 Å². The Kier molecular flexibility index (Phi) is 3.34. The van der Waals surface area contributed by atoms with Crippen molar-refractivity contribution < 1.29 is 5.11 Å². The van der Waals surface area contributed by atoms with Crippen LogP contribution in [0.1, 0.15) is 17.3 Å². The molecule has 3 heteroatoms. The van der Waals surface area contributed by atoms with Gasteiger partial charge >= 0.3 is 0 Å². The van der Waals surface area contributed by atoms with Gasteiger partial charge < -0.3 is 14.9 Å². The smallest absolute Gasteiger partial charge is 0.131 e. The van der Waals surface area contributed by atoms with Crippen LogP contribution >= 0.6 is 0 Å². The summed E-state index contributed by atoms with van der Waals surface area (Å²) in [6.45, 7) is 3.75. The van der Waals surface area contributed by atoms with Crippen LogP contribution in [0.4, 0.5) is 11.4 Å². The minimum Gasteiger partial charge on any atom is -0.507 e. The molecule has 0 radical (unpaired) electrons.